The lowest BCUT2D eigenvalue weighted by molar-refractivity contribution is 0.0550. The van der Waals surface area contributed by atoms with Crippen LogP contribution in [-0.4, -0.2) is 21.2 Å². The van der Waals surface area contributed by atoms with Gasteiger partial charge in [-0.15, -0.1) is 0 Å². The van der Waals surface area contributed by atoms with Crippen LogP contribution >= 0.6 is 15.9 Å². The average Bonchev–Trinajstić information content (AvgIpc) is 2.72. The number of hydrogen-bond acceptors (Lipinski definition) is 3. The Bertz CT molecular complexity index is 846. The maximum Gasteiger partial charge on any atom is 0.420 e. The minimum absolute atomic E-state index is 0.417. The van der Waals surface area contributed by atoms with Gasteiger partial charge in [-0.25, -0.2) is 14.3 Å². The predicted molar refractivity (Wildman–Crippen MR) is 86.6 cm³/mol. The lowest BCUT2D eigenvalue weighted by atomic mass is 10.2. The van der Waals surface area contributed by atoms with Crippen LogP contribution in [0.5, 0.6) is 0 Å². The number of halogens is 1. The molecule has 0 N–H and O–H groups in total. The molecule has 108 valence electrons. The van der Waals surface area contributed by atoms with E-state index in [0.717, 1.165) is 20.8 Å². The van der Waals surface area contributed by atoms with E-state index in [0.29, 0.717) is 5.65 Å². The molecule has 0 aliphatic heterocycles. The molecule has 0 spiro atoms. The molecule has 0 saturated heterocycles. The summed E-state index contributed by atoms with van der Waals surface area (Å²) < 4.78 is 7.97. The summed E-state index contributed by atoms with van der Waals surface area (Å²) in [6.07, 6.45) is 1.26. The van der Waals surface area contributed by atoms with E-state index in [1.165, 1.54) is 4.57 Å². The molecule has 0 atom stereocenters. The van der Waals surface area contributed by atoms with Gasteiger partial charge in [0.25, 0.3) is 0 Å². The smallest absolute Gasteiger partial charge is 0.420 e. The molecule has 1 aromatic carbocycles. The molecule has 5 heteroatoms. The van der Waals surface area contributed by atoms with Crippen molar-refractivity contribution in [1.29, 1.82) is 0 Å². The average molecular weight is 347 g/mol. The van der Waals surface area contributed by atoms with Gasteiger partial charge in [-0.05, 0) is 45.0 Å². The fraction of sp³-hybridized carbons (Fsp3) is 0.250. The maximum absolute atomic E-state index is 12.5. The molecule has 0 fully saturated rings. The Hall–Kier alpha value is -1.88. The van der Waals surface area contributed by atoms with E-state index in [1.54, 1.807) is 6.20 Å². The number of ether oxygens (including phenoxy) is 1. The van der Waals surface area contributed by atoms with E-state index in [2.05, 4.69) is 20.9 Å². The van der Waals surface area contributed by atoms with E-state index < -0.39 is 11.7 Å². The molecule has 21 heavy (non-hydrogen) atoms. The van der Waals surface area contributed by atoms with Gasteiger partial charge in [0, 0.05) is 21.4 Å². The molecule has 3 aromatic rings. The van der Waals surface area contributed by atoms with Crippen LogP contribution in [0.15, 0.2) is 41.0 Å². The van der Waals surface area contributed by atoms with Crippen molar-refractivity contribution in [2.75, 3.05) is 0 Å². The van der Waals surface area contributed by atoms with Crippen LogP contribution in [-0.2, 0) is 4.74 Å². The molecule has 3 rings (SSSR count). The highest BCUT2D eigenvalue weighted by Crippen LogP contribution is 2.33. The number of pyridine rings is 1. The van der Waals surface area contributed by atoms with Gasteiger partial charge in [-0.1, -0.05) is 22.0 Å². The molecular weight excluding hydrogens is 332 g/mol. The topological polar surface area (TPSA) is 44.1 Å². The molecule has 0 aliphatic carbocycles. The number of carbonyl (C=O) groups is 1. The van der Waals surface area contributed by atoms with Crippen molar-refractivity contribution < 1.29 is 9.53 Å². The third kappa shape index (κ3) is 2.42. The minimum atomic E-state index is -0.555. The van der Waals surface area contributed by atoms with Crippen molar-refractivity contribution in [3.8, 4) is 0 Å². The van der Waals surface area contributed by atoms with Crippen molar-refractivity contribution in [3.63, 3.8) is 0 Å². The first kappa shape index (κ1) is 14.1. The van der Waals surface area contributed by atoms with Crippen LogP contribution in [0.3, 0.4) is 0 Å². The zero-order chi connectivity index (χ0) is 15.2. The summed E-state index contributed by atoms with van der Waals surface area (Å²) in [5, 5.41) is 1.89. The van der Waals surface area contributed by atoms with Crippen LogP contribution in [0.25, 0.3) is 21.9 Å². The van der Waals surface area contributed by atoms with Gasteiger partial charge >= 0.3 is 6.09 Å². The minimum Gasteiger partial charge on any atom is -0.443 e. The Labute approximate surface area is 130 Å². The molecular formula is C16H15BrN2O2. The summed E-state index contributed by atoms with van der Waals surface area (Å²) in [7, 11) is 0. The second-order valence-electron chi connectivity index (χ2n) is 5.82. The predicted octanol–water partition coefficient (Wildman–Crippen LogP) is 4.74. The van der Waals surface area contributed by atoms with Crippen molar-refractivity contribution in [2.24, 2.45) is 0 Å². The van der Waals surface area contributed by atoms with E-state index in [9.17, 15) is 4.79 Å². The molecule has 0 bridgehead atoms. The number of aromatic nitrogens is 2. The summed E-state index contributed by atoms with van der Waals surface area (Å²) in [5.41, 5.74) is 0.835. The quantitative estimate of drug-likeness (QED) is 0.590. The lowest BCUT2D eigenvalue weighted by Crippen LogP contribution is -2.27. The van der Waals surface area contributed by atoms with Gasteiger partial charge in [-0.3, -0.25) is 0 Å². The molecule has 2 heterocycles. The van der Waals surface area contributed by atoms with E-state index >= 15 is 0 Å². The monoisotopic (exact) mass is 346 g/mol. The van der Waals surface area contributed by atoms with Crippen LogP contribution in [0, 0.1) is 0 Å². The highest BCUT2D eigenvalue weighted by molar-refractivity contribution is 9.10. The Kier molecular flexibility index (Phi) is 3.24. The summed E-state index contributed by atoms with van der Waals surface area (Å²) >= 11 is 3.55. The van der Waals surface area contributed by atoms with Crippen molar-refractivity contribution in [2.45, 2.75) is 26.4 Å². The first-order valence-electron chi connectivity index (χ1n) is 6.65. The summed E-state index contributed by atoms with van der Waals surface area (Å²) in [6.45, 7) is 5.55. The number of fused-ring (bicyclic) bond motifs is 3. The van der Waals surface area contributed by atoms with Crippen LogP contribution < -0.4 is 0 Å². The molecule has 0 saturated carbocycles. The summed E-state index contributed by atoms with van der Waals surface area (Å²) in [5.74, 6) is 0. The highest BCUT2D eigenvalue weighted by atomic mass is 79.9. The molecule has 2 aromatic heterocycles. The summed E-state index contributed by atoms with van der Waals surface area (Å²) in [6, 6.07) is 9.56. The Morgan fingerprint density at radius 2 is 2.00 bits per heavy atom. The molecule has 0 aliphatic rings. The number of nitrogens with zero attached hydrogens (tertiary/aromatic N) is 2. The number of rotatable bonds is 0. The third-order valence-electron chi connectivity index (χ3n) is 3.08. The molecule has 0 amide bonds. The van der Waals surface area contributed by atoms with Gasteiger partial charge in [0.15, 0.2) is 5.65 Å². The van der Waals surface area contributed by atoms with Gasteiger partial charge in [-0.2, -0.15) is 0 Å². The van der Waals surface area contributed by atoms with Crippen molar-refractivity contribution >= 4 is 44.0 Å². The van der Waals surface area contributed by atoms with Crippen LogP contribution in [0.4, 0.5) is 4.79 Å². The number of carbonyl (C=O) groups excluding carboxylic acids is 1. The highest BCUT2D eigenvalue weighted by Gasteiger charge is 2.23. The van der Waals surface area contributed by atoms with Crippen LogP contribution in [0.2, 0.25) is 0 Å². The maximum atomic E-state index is 12.5. The standard InChI is InChI=1S/C16H15BrN2O2/c1-16(2,3)21-15(20)19-12-8-4-7-11(17)13(12)10-6-5-9-18-14(10)19/h4-9H,1-3H3. The Balaban J connectivity index is 2.34. The van der Waals surface area contributed by atoms with Gasteiger partial charge in [0.2, 0.25) is 0 Å². The van der Waals surface area contributed by atoms with E-state index in [4.69, 9.17) is 4.74 Å². The Morgan fingerprint density at radius 1 is 1.24 bits per heavy atom. The zero-order valence-corrected chi connectivity index (χ0v) is 13.6. The number of hydrogen-bond donors (Lipinski definition) is 0. The normalized spacial score (nSPS) is 12.0. The van der Waals surface area contributed by atoms with E-state index in [-0.39, 0.29) is 0 Å². The molecule has 0 unspecified atom stereocenters. The van der Waals surface area contributed by atoms with Gasteiger partial charge in [0.1, 0.15) is 5.60 Å². The van der Waals surface area contributed by atoms with Crippen molar-refractivity contribution in [1.82, 2.24) is 9.55 Å². The van der Waals surface area contributed by atoms with Crippen molar-refractivity contribution in [3.05, 3.63) is 41.0 Å². The molecule has 4 nitrogen and oxygen atoms in total. The van der Waals surface area contributed by atoms with Gasteiger partial charge < -0.3 is 4.74 Å². The second kappa shape index (κ2) is 4.84. The van der Waals surface area contributed by atoms with Gasteiger partial charge in [0.05, 0.1) is 5.52 Å². The largest absolute Gasteiger partial charge is 0.443 e. The SMILES string of the molecule is CC(C)(C)OC(=O)n1c2cccc(Br)c2c2cccnc21. The lowest BCUT2D eigenvalue weighted by Gasteiger charge is -2.20. The Morgan fingerprint density at radius 3 is 2.71 bits per heavy atom. The second-order valence-corrected chi connectivity index (χ2v) is 6.68. The van der Waals surface area contributed by atoms with E-state index in [1.807, 2.05) is 51.1 Å². The number of benzene rings is 1. The summed E-state index contributed by atoms with van der Waals surface area (Å²) in [4.78, 5) is 16.9. The fourth-order valence-electron chi connectivity index (χ4n) is 2.34. The zero-order valence-electron chi connectivity index (χ0n) is 12.1. The molecule has 0 radical (unpaired) electrons. The fourth-order valence-corrected chi connectivity index (χ4v) is 2.91. The first-order valence-corrected chi connectivity index (χ1v) is 7.45. The third-order valence-corrected chi connectivity index (χ3v) is 3.74. The first-order chi connectivity index (χ1) is 9.88. The van der Waals surface area contributed by atoms with Crippen LogP contribution in [0.1, 0.15) is 20.8 Å².